The summed E-state index contributed by atoms with van der Waals surface area (Å²) in [6.07, 6.45) is 4.91. The van der Waals surface area contributed by atoms with Gasteiger partial charge in [-0.3, -0.25) is 4.79 Å². The van der Waals surface area contributed by atoms with Crippen molar-refractivity contribution in [1.29, 1.82) is 0 Å². The third kappa shape index (κ3) is 4.41. The molecule has 26 heavy (non-hydrogen) atoms. The molecule has 1 atom stereocenters. The number of carbonyl (C=O) groups excluding carboxylic acids is 2. The van der Waals surface area contributed by atoms with Gasteiger partial charge in [0.25, 0.3) is 0 Å². The third-order valence-corrected chi connectivity index (χ3v) is 4.44. The Kier molecular flexibility index (Phi) is 5.88. The lowest BCUT2D eigenvalue weighted by atomic mass is 9.97. The molecule has 2 aromatic rings. The van der Waals surface area contributed by atoms with Crippen molar-refractivity contribution < 1.29 is 14.3 Å². The van der Waals surface area contributed by atoms with Crippen LogP contribution in [-0.2, 0) is 16.1 Å². The van der Waals surface area contributed by atoms with E-state index in [0.29, 0.717) is 26.2 Å². The lowest BCUT2D eigenvalue weighted by Crippen LogP contribution is -2.45. The van der Waals surface area contributed by atoms with Crippen molar-refractivity contribution in [3.05, 3.63) is 48.3 Å². The minimum atomic E-state index is -0.339. The molecule has 2 amide bonds. The van der Waals surface area contributed by atoms with Crippen LogP contribution in [0.2, 0.25) is 0 Å². The first-order valence-electron chi connectivity index (χ1n) is 8.95. The molecule has 7 heteroatoms. The quantitative estimate of drug-likeness (QED) is 0.892. The fourth-order valence-electron chi connectivity index (χ4n) is 3.08. The Bertz CT molecular complexity index is 744. The number of benzene rings is 1. The van der Waals surface area contributed by atoms with E-state index in [0.717, 1.165) is 24.1 Å². The minimum Gasteiger partial charge on any atom is -0.450 e. The molecule has 1 aromatic carbocycles. The van der Waals surface area contributed by atoms with Gasteiger partial charge in [0.15, 0.2) is 0 Å². The number of piperidine rings is 1. The van der Waals surface area contributed by atoms with E-state index in [2.05, 4.69) is 10.4 Å². The van der Waals surface area contributed by atoms with Gasteiger partial charge in [-0.1, -0.05) is 18.2 Å². The second kappa shape index (κ2) is 8.51. The summed E-state index contributed by atoms with van der Waals surface area (Å²) in [7, 11) is 0. The number of hydrogen-bond donors (Lipinski definition) is 1. The van der Waals surface area contributed by atoms with Gasteiger partial charge in [0.1, 0.15) is 0 Å². The highest BCUT2D eigenvalue weighted by molar-refractivity contribution is 5.80. The maximum Gasteiger partial charge on any atom is 0.409 e. The molecule has 1 aromatic heterocycles. The average molecular weight is 356 g/mol. The SMILES string of the molecule is CCOC(=O)N1CCCC(C(=O)NCc2cnn(-c3ccccc3)c2)C1. The van der Waals surface area contributed by atoms with Gasteiger partial charge >= 0.3 is 6.09 Å². The molecule has 138 valence electrons. The van der Waals surface area contributed by atoms with Crippen molar-refractivity contribution in [1.82, 2.24) is 20.0 Å². The number of para-hydroxylation sites is 1. The van der Waals surface area contributed by atoms with Crippen LogP contribution in [0, 0.1) is 5.92 Å². The number of hydrogen-bond acceptors (Lipinski definition) is 4. The molecule has 0 bridgehead atoms. The van der Waals surface area contributed by atoms with Gasteiger partial charge in [0.2, 0.25) is 5.91 Å². The molecule has 0 aliphatic carbocycles. The van der Waals surface area contributed by atoms with E-state index in [9.17, 15) is 9.59 Å². The van der Waals surface area contributed by atoms with Gasteiger partial charge in [-0.25, -0.2) is 9.48 Å². The molecular formula is C19H24N4O3. The summed E-state index contributed by atoms with van der Waals surface area (Å²) in [5, 5.41) is 7.28. The smallest absolute Gasteiger partial charge is 0.409 e. The van der Waals surface area contributed by atoms with Gasteiger partial charge in [-0.15, -0.1) is 0 Å². The first kappa shape index (κ1) is 18.0. The van der Waals surface area contributed by atoms with E-state index in [1.165, 1.54) is 0 Å². The Balaban J connectivity index is 1.52. The molecule has 3 rings (SSSR count). The molecule has 1 fully saturated rings. The van der Waals surface area contributed by atoms with Crippen LogP contribution in [0.4, 0.5) is 4.79 Å². The van der Waals surface area contributed by atoms with E-state index in [1.807, 2.05) is 36.5 Å². The van der Waals surface area contributed by atoms with E-state index < -0.39 is 0 Å². The van der Waals surface area contributed by atoms with Crippen molar-refractivity contribution in [2.45, 2.75) is 26.3 Å². The van der Waals surface area contributed by atoms with Gasteiger partial charge in [0.05, 0.1) is 24.4 Å². The Morgan fingerprint density at radius 3 is 2.88 bits per heavy atom. The molecular weight excluding hydrogens is 332 g/mol. The molecule has 2 heterocycles. The highest BCUT2D eigenvalue weighted by Gasteiger charge is 2.28. The third-order valence-electron chi connectivity index (χ3n) is 4.44. The average Bonchev–Trinajstić information content (AvgIpc) is 3.16. The number of ether oxygens (including phenoxy) is 1. The number of nitrogens with one attached hydrogen (secondary N) is 1. The second-order valence-corrected chi connectivity index (χ2v) is 6.33. The molecule has 0 spiro atoms. The summed E-state index contributed by atoms with van der Waals surface area (Å²) in [5.41, 5.74) is 1.91. The zero-order valence-corrected chi connectivity index (χ0v) is 14.9. The van der Waals surface area contributed by atoms with Gasteiger partial charge in [0, 0.05) is 31.4 Å². The van der Waals surface area contributed by atoms with E-state index in [-0.39, 0.29) is 17.9 Å². The van der Waals surface area contributed by atoms with Crippen molar-refractivity contribution in [3.8, 4) is 5.69 Å². The topological polar surface area (TPSA) is 76.5 Å². The number of rotatable bonds is 5. The predicted octanol–water partition coefficient (Wildman–Crippen LogP) is 2.36. The zero-order chi connectivity index (χ0) is 18.4. The first-order chi connectivity index (χ1) is 12.7. The number of likely N-dealkylation sites (tertiary alicyclic amines) is 1. The number of carbonyl (C=O) groups is 2. The largest absolute Gasteiger partial charge is 0.450 e. The fourth-order valence-corrected chi connectivity index (χ4v) is 3.08. The van der Waals surface area contributed by atoms with Crippen LogP contribution in [0.1, 0.15) is 25.3 Å². The summed E-state index contributed by atoms with van der Waals surface area (Å²) in [5.74, 6) is -0.233. The van der Waals surface area contributed by atoms with Crippen LogP contribution in [0.15, 0.2) is 42.7 Å². The summed E-state index contributed by atoms with van der Waals surface area (Å²) < 4.78 is 6.81. The van der Waals surface area contributed by atoms with E-state index >= 15 is 0 Å². The molecule has 0 saturated carbocycles. The molecule has 0 radical (unpaired) electrons. The maximum absolute atomic E-state index is 12.5. The lowest BCUT2D eigenvalue weighted by molar-refractivity contribution is -0.126. The molecule has 1 saturated heterocycles. The van der Waals surface area contributed by atoms with Crippen molar-refractivity contribution in [2.75, 3.05) is 19.7 Å². The Morgan fingerprint density at radius 2 is 2.12 bits per heavy atom. The Morgan fingerprint density at radius 1 is 1.31 bits per heavy atom. The van der Waals surface area contributed by atoms with Crippen LogP contribution >= 0.6 is 0 Å². The predicted molar refractivity (Wildman–Crippen MR) is 96.7 cm³/mol. The zero-order valence-electron chi connectivity index (χ0n) is 14.9. The Labute approximate surface area is 152 Å². The number of amides is 2. The maximum atomic E-state index is 12.5. The van der Waals surface area contributed by atoms with Crippen LogP contribution in [0.25, 0.3) is 5.69 Å². The summed E-state index contributed by atoms with van der Waals surface area (Å²) in [6, 6.07) is 9.81. The van der Waals surface area contributed by atoms with Crippen LogP contribution in [-0.4, -0.2) is 46.4 Å². The second-order valence-electron chi connectivity index (χ2n) is 6.33. The highest BCUT2D eigenvalue weighted by atomic mass is 16.6. The van der Waals surface area contributed by atoms with Gasteiger partial charge in [-0.05, 0) is 31.9 Å². The lowest BCUT2D eigenvalue weighted by Gasteiger charge is -2.31. The van der Waals surface area contributed by atoms with Crippen molar-refractivity contribution in [3.63, 3.8) is 0 Å². The standard InChI is InChI=1S/C19H24N4O3/c1-2-26-19(25)22-10-6-7-16(14-22)18(24)20-11-15-12-21-23(13-15)17-8-4-3-5-9-17/h3-5,8-9,12-13,16H,2,6-7,10-11,14H2,1H3,(H,20,24). The normalized spacial score (nSPS) is 17.0. The molecule has 1 aliphatic heterocycles. The monoisotopic (exact) mass is 356 g/mol. The molecule has 1 N–H and O–H groups in total. The van der Waals surface area contributed by atoms with E-state index in [4.69, 9.17) is 4.74 Å². The molecule has 7 nitrogen and oxygen atoms in total. The Hall–Kier alpha value is -2.83. The fraction of sp³-hybridized carbons (Fsp3) is 0.421. The number of aromatic nitrogens is 2. The number of nitrogens with zero attached hydrogens (tertiary/aromatic N) is 3. The van der Waals surface area contributed by atoms with Crippen molar-refractivity contribution in [2.24, 2.45) is 5.92 Å². The minimum absolute atomic E-state index is 0.0357. The van der Waals surface area contributed by atoms with Crippen molar-refractivity contribution >= 4 is 12.0 Å². The molecule has 1 unspecified atom stereocenters. The summed E-state index contributed by atoms with van der Waals surface area (Å²) in [6.45, 7) is 3.60. The molecule has 1 aliphatic rings. The summed E-state index contributed by atoms with van der Waals surface area (Å²) >= 11 is 0. The van der Waals surface area contributed by atoms with Gasteiger partial charge < -0.3 is 15.0 Å². The highest BCUT2D eigenvalue weighted by Crippen LogP contribution is 2.17. The van der Waals surface area contributed by atoms with E-state index in [1.54, 1.807) is 22.7 Å². The van der Waals surface area contributed by atoms with Gasteiger partial charge in [-0.2, -0.15) is 5.10 Å². The summed E-state index contributed by atoms with van der Waals surface area (Å²) in [4.78, 5) is 25.9. The first-order valence-corrected chi connectivity index (χ1v) is 8.95. The van der Waals surface area contributed by atoms with Crippen LogP contribution < -0.4 is 5.32 Å². The van der Waals surface area contributed by atoms with Crippen LogP contribution in [0.5, 0.6) is 0 Å². The van der Waals surface area contributed by atoms with Crippen LogP contribution in [0.3, 0.4) is 0 Å².